The van der Waals surface area contributed by atoms with Crippen molar-refractivity contribution in [2.24, 2.45) is 0 Å². The van der Waals surface area contributed by atoms with Gasteiger partial charge in [-0.1, -0.05) is 24.6 Å². The highest BCUT2D eigenvalue weighted by Crippen LogP contribution is 2.18. The first kappa shape index (κ1) is 17.7. The third-order valence-corrected chi connectivity index (χ3v) is 4.47. The van der Waals surface area contributed by atoms with Crippen LogP contribution < -0.4 is 5.32 Å². The monoisotopic (exact) mass is 372 g/mol. The van der Waals surface area contributed by atoms with Gasteiger partial charge in [0.1, 0.15) is 0 Å². The molecular formula is C21H20N6O. The van der Waals surface area contributed by atoms with Crippen LogP contribution in [0.15, 0.2) is 67.3 Å². The number of hydrogen-bond donors (Lipinski definition) is 1. The fourth-order valence-corrected chi connectivity index (χ4v) is 3.01. The quantitative estimate of drug-likeness (QED) is 0.581. The Hall–Kier alpha value is -3.74. The number of amides is 1. The second-order valence-corrected chi connectivity index (χ2v) is 6.42. The molecule has 7 heteroatoms. The summed E-state index contributed by atoms with van der Waals surface area (Å²) in [5.41, 5.74) is 4.15. The van der Waals surface area contributed by atoms with E-state index in [1.165, 1.54) is 5.56 Å². The maximum atomic E-state index is 12.8. The van der Waals surface area contributed by atoms with Crippen molar-refractivity contribution in [1.82, 2.24) is 24.5 Å². The number of rotatable bonds is 5. The van der Waals surface area contributed by atoms with E-state index in [9.17, 15) is 4.79 Å². The van der Waals surface area contributed by atoms with Gasteiger partial charge in [-0.3, -0.25) is 4.79 Å². The second-order valence-electron chi connectivity index (χ2n) is 6.42. The zero-order chi connectivity index (χ0) is 19.5. The lowest BCUT2D eigenvalue weighted by Gasteiger charge is -2.09. The minimum absolute atomic E-state index is 0.205. The first-order valence-electron chi connectivity index (χ1n) is 9.07. The molecule has 140 valence electrons. The molecule has 0 bridgehead atoms. The summed E-state index contributed by atoms with van der Waals surface area (Å²) < 4.78 is 3.47. The fourth-order valence-electron chi connectivity index (χ4n) is 3.01. The summed E-state index contributed by atoms with van der Waals surface area (Å²) in [6.07, 6.45) is 7.42. The minimum Gasteiger partial charge on any atom is -0.320 e. The van der Waals surface area contributed by atoms with Crippen LogP contribution in [0.3, 0.4) is 0 Å². The Kier molecular flexibility index (Phi) is 4.72. The Balaban J connectivity index is 1.56. The van der Waals surface area contributed by atoms with Gasteiger partial charge in [-0.05, 0) is 43.7 Å². The van der Waals surface area contributed by atoms with Gasteiger partial charge in [-0.2, -0.15) is 10.2 Å². The van der Waals surface area contributed by atoms with Gasteiger partial charge in [0.05, 0.1) is 35.0 Å². The minimum atomic E-state index is -0.205. The van der Waals surface area contributed by atoms with Crippen molar-refractivity contribution >= 4 is 11.6 Å². The molecule has 1 amide bonds. The van der Waals surface area contributed by atoms with Crippen molar-refractivity contribution in [3.63, 3.8) is 0 Å². The molecule has 0 aliphatic heterocycles. The lowest BCUT2D eigenvalue weighted by atomic mass is 10.1. The van der Waals surface area contributed by atoms with Crippen molar-refractivity contribution < 1.29 is 4.79 Å². The van der Waals surface area contributed by atoms with Crippen LogP contribution in [0.2, 0.25) is 0 Å². The van der Waals surface area contributed by atoms with Crippen LogP contribution in [0.1, 0.15) is 28.5 Å². The van der Waals surface area contributed by atoms with E-state index in [1.807, 2.05) is 55.1 Å². The largest absolute Gasteiger partial charge is 0.320 e. The van der Waals surface area contributed by atoms with E-state index in [0.717, 1.165) is 11.4 Å². The number of nitrogens with one attached hydrogen (secondary N) is 1. The first-order valence-corrected chi connectivity index (χ1v) is 9.07. The number of nitrogens with zero attached hydrogens (tertiary/aromatic N) is 5. The highest BCUT2D eigenvalue weighted by Gasteiger charge is 2.17. The van der Waals surface area contributed by atoms with Crippen molar-refractivity contribution in [3.05, 3.63) is 84.1 Å². The van der Waals surface area contributed by atoms with Crippen LogP contribution in [0.25, 0.3) is 11.5 Å². The van der Waals surface area contributed by atoms with Gasteiger partial charge in [0, 0.05) is 12.4 Å². The van der Waals surface area contributed by atoms with Gasteiger partial charge in [0.2, 0.25) is 0 Å². The molecule has 3 aromatic heterocycles. The van der Waals surface area contributed by atoms with Gasteiger partial charge in [-0.25, -0.2) is 14.3 Å². The summed E-state index contributed by atoms with van der Waals surface area (Å²) in [7, 11) is 0. The SMILES string of the molecule is CCc1c(C(=O)Nc2ccc(-n3cccn3)nc2)cnn1-c1ccc(C)cc1. The predicted octanol–water partition coefficient (Wildman–Crippen LogP) is 3.58. The molecule has 0 fully saturated rings. The number of hydrogen-bond acceptors (Lipinski definition) is 4. The van der Waals surface area contributed by atoms with Crippen molar-refractivity contribution in [2.75, 3.05) is 5.32 Å². The van der Waals surface area contributed by atoms with E-state index >= 15 is 0 Å². The van der Waals surface area contributed by atoms with Gasteiger partial charge < -0.3 is 5.32 Å². The number of aromatic nitrogens is 5. The third kappa shape index (κ3) is 3.42. The number of pyridine rings is 1. The highest BCUT2D eigenvalue weighted by molar-refractivity contribution is 6.05. The van der Waals surface area contributed by atoms with Crippen LogP contribution in [0.4, 0.5) is 5.69 Å². The Labute approximate surface area is 162 Å². The van der Waals surface area contributed by atoms with E-state index in [-0.39, 0.29) is 5.91 Å². The average molecular weight is 372 g/mol. The summed E-state index contributed by atoms with van der Waals surface area (Å²) in [6, 6.07) is 13.5. The molecule has 0 unspecified atom stereocenters. The van der Waals surface area contributed by atoms with Crippen LogP contribution >= 0.6 is 0 Å². The van der Waals surface area contributed by atoms with Gasteiger partial charge in [0.25, 0.3) is 5.91 Å². The Bertz CT molecular complexity index is 1080. The maximum absolute atomic E-state index is 12.8. The van der Waals surface area contributed by atoms with E-state index in [1.54, 1.807) is 35.4 Å². The zero-order valence-corrected chi connectivity index (χ0v) is 15.7. The number of carbonyl (C=O) groups excluding carboxylic acids is 1. The van der Waals surface area contributed by atoms with Gasteiger partial charge in [0.15, 0.2) is 5.82 Å². The molecular weight excluding hydrogens is 352 g/mol. The molecule has 0 saturated heterocycles. The van der Waals surface area contributed by atoms with Gasteiger partial charge >= 0.3 is 0 Å². The molecule has 0 spiro atoms. The summed E-state index contributed by atoms with van der Waals surface area (Å²) in [4.78, 5) is 17.1. The third-order valence-electron chi connectivity index (χ3n) is 4.47. The van der Waals surface area contributed by atoms with E-state index in [2.05, 4.69) is 20.5 Å². The summed E-state index contributed by atoms with van der Waals surface area (Å²) in [6.45, 7) is 4.05. The number of carbonyl (C=O) groups is 1. The van der Waals surface area contributed by atoms with Crippen molar-refractivity contribution in [2.45, 2.75) is 20.3 Å². The van der Waals surface area contributed by atoms with Gasteiger partial charge in [-0.15, -0.1) is 0 Å². The van der Waals surface area contributed by atoms with Crippen molar-refractivity contribution in [1.29, 1.82) is 0 Å². The summed E-state index contributed by atoms with van der Waals surface area (Å²) in [5.74, 6) is 0.480. The van der Waals surface area contributed by atoms with E-state index in [4.69, 9.17) is 0 Å². The normalized spacial score (nSPS) is 10.8. The lowest BCUT2D eigenvalue weighted by Crippen LogP contribution is -2.14. The molecule has 0 radical (unpaired) electrons. The predicted molar refractivity (Wildman–Crippen MR) is 107 cm³/mol. The number of aryl methyl sites for hydroxylation is 1. The molecule has 1 aromatic carbocycles. The molecule has 4 aromatic rings. The smallest absolute Gasteiger partial charge is 0.259 e. The molecule has 0 atom stereocenters. The lowest BCUT2D eigenvalue weighted by molar-refractivity contribution is 0.102. The number of anilines is 1. The average Bonchev–Trinajstić information content (AvgIpc) is 3.39. The summed E-state index contributed by atoms with van der Waals surface area (Å²) in [5, 5.41) is 11.5. The van der Waals surface area contributed by atoms with Crippen LogP contribution in [0, 0.1) is 6.92 Å². The highest BCUT2D eigenvalue weighted by atomic mass is 16.1. The molecule has 3 heterocycles. The topological polar surface area (TPSA) is 77.6 Å². The van der Waals surface area contributed by atoms with Crippen LogP contribution in [-0.2, 0) is 6.42 Å². The standard InChI is InChI=1S/C21H20N6O/c1-3-19-18(14-24-27(19)17-8-5-15(2)6-9-17)21(28)25-16-7-10-20(22-13-16)26-12-4-11-23-26/h4-14H,3H2,1-2H3,(H,25,28). The molecule has 1 N–H and O–H groups in total. The Morgan fingerprint density at radius 1 is 1.07 bits per heavy atom. The van der Waals surface area contributed by atoms with E-state index < -0.39 is 0 Å². The number of benzene rings is 1. The Morgan fingerprint density at radius 3 is 2.54 bits per heavy atom. The van der Waals surface area contributed by atoms with Crippen LogP contribution in [-0.4, -0.2) is 30.5 Å². The summed E-state index contributed by atoms with van der Waals surface area (Å²) >= 11 is 0. The second kappa shape index (κ2) is 7.48. The maximum Gasteiger partial charge on any atom is 0.259 e. The van der Waals surface area contributed by atoms with Crippen LogP contribution in [0.5, 0.6) is 0 Å². The zero-order valence-electron chi connectivity index (χ0n) is 15.7. The Morgan fingerprint density at radius 2 is 1.89 bits per heavy atom. The first-order chi connectivity index (χ1) is 13.7. The fraction of sp³-hybridized carbons (Fsp3) is 0.143. The molecule has 4 rings (SSSR count). The van der Waals surface area contributed by atoms with Crippen molar-refractivity contribution in [3.8, 4) is 11.5 Å². The van der Waals surface area contributed by atoms with E-state index in [0.29, 0.717) is 23.5 Å². The molecule has 28 heavy (non-hydrogen) atoms. The molecule has 0 aliphatic rings. The molecule has 0 saturated carbocycles. The molecule has 0 aliphatic carbocycles. The molecule has 7 nitrogen and oxygen atoms in total.